The van der Waals surface area contributed by atoms with Crippen LogP contribution >= 0.6 is 0 Å². The van der Waals surface area contributed by atoms with Gasteiger partial charge in [-0.05, 0) is 73.7 Å². The number of methoxy groups -OCH3 is 2. The van der Waals surface area contributed by atoms with Gasteiger partial charge in [0.2, 0.25) is 0 Å². The predicted octanol–water partition coefficient (Wildman–Crippen LogP) is 4.43. The van der Waals surface area contributed by atoms with Crippen LogP contribution in [0.2, 0.25) is 0 Å². The number of hydrogen-bond acceptors (Lipinski definition) is 5. The summed E-state index contributed by atoms with van der Waals surface area (Å²) in [5.74, 6) is 1.77. The largest absolute Gasteiger partial charge is 0.493 e. The molecule has 2 heterocycles. The molecule has 1 aliphatic heterocycles. The van der Waals surface area contributed by atoms with Crippen LogP contribution in [-0.2, 0) is 6.54 Å². The van der Waals surface area contributed by atoms with Crippen LogP contribution in [0.1, 0.15) is 24.0 Å². The first-order valence-corrected chi connectivity index (χ1v) is 10.6. The zero-order chi connectivity index (χ0) is 21.1. The number of hydrogen-bond donors (Lipinski definition) is 1. The van der Waals surface area contributed by atoms with Crippen LogP contribution in [0.4, 0.5) is 0 Å². The fraction of sp³-hybridized carbons (Fsp3) is 0.400. The predicted molar refractivity (Wildman–Crippen MR) is 120 cm³/mol. The summed E-state index contributed by atoms with van der Waals surface area (Å²) < 4.78 is 10.9. The third-order valence-corrected chi connectivity index (χ3v) is 5.96. The van der Waals surface area contributed by atoms with Gasteiger partial charge in [0, 0.05) is 30.6 Å². The average Bonchev–Trinajstić information content (AvgIpc) is 2.78. The number of aromatic nitrogens is 1. The summed E-state index contributed by atoms with van der Waals surface area (Å²) in [5.41, 5.74) is 5.37. The maximum atomic E-state index is 9.62. The molecule has 1 fully saturated rings. The van der Waals surface area contributed by atoms with Crippen molar-refractivity contribution in [2.75, 3.05) is 33.9 Å². The van der Waals surface area contributed by atoms with Crippen LogP contribution in [0, 0.1) is 12.8 Å². The van der Waals surface area contributed by atoms with E-state index in [1.165, 1.54) is 11.1 Å². The lowest BCUT2D eigenvalue weighted by Gasteiger charge is -2.32. The standard InChI is InChI=1S/C25H30N2O3/c1-17-6-7-19-12-21(15-27-10-4-5-18(14-27)16-28)25(26-22(19)11-17)20-8-9-23(29-2)24(13-20)30-3/h6-9,11-13,18,28H,4-5,10,14-16H2,1-3H3/t18-/m0/s1. The molecule has 0 aliphatic carbocycles. The van der Waals surface area contributed by atoms with Gasteiger partial charge in [0.25, 0.3) is 0 Å². The zero-order valence-corrected chi connectivity index (χ0v) is 18.0. The van der Waals surface area contributed by atoms with E-state index in [1.807, 2.05) is 18.2 Å². The van der Waals surface area contributed by atoms with Crippen molar-refractivity contribution in [3.63, 3.8) is 0 Å². The molecule has 158 valence electrons. The van der Waals surface area contributed by atoms with Crippen LogP contribution in [0.15, 0.2) is 42.5 Å². The van der Waals surface area contributed by atoms with Crippen molar-refractivity contribution in [3.8, 4) is 22.8 Å². The highest BCUT2D eigenvalue weighted by molar-refractivity contribution is 5.84. The summed E-state index contributed by atoms with van der Waals surface area (Å²) in [7, 11) is 3.30. The molecule has 1 saturated heterocycles. The first-order chi connectivity index (χ1) is 14.6. The normalized spacial score (nSPS) is 17.3. The molecule has 3 aromatic rings. The molecule has 1 N–H and O–H groups in total. The van der Waals surface area contributed by atoms with E-state index in [1.54, 1.807) is 14.2 Å². The Balaban J connectivity index is 1.79. The molecule has 5 nitrogen and oxygen atoms in total. The fourth-order valence-corrected chi connectivity index (χ4v) is 4.36. The highest BCUT2D eigenvalue weighted by atomic mass is 16.5. The maximum absolute atomic E-state index is 9.62. The van der Waals surface area contributed by atoms with Crippen molar-refractivity contribution in [2.45, 2.75) is 26.3 Å². The molecule has 30 heavy (non-hydrogen) atoms. The lowest BCUT2D eigenvalue weighted by molar-refractivity contribution is 0.116. The van der Waals surface area contributed by atoms with E-state index in [0.29, 0.717) is 17.4 Å². The SMILES string of the molecule is COc1ccc(-c2nc3cc(C)ccc3cc2CN2CCC[C@H](CO)C2)cc1OC. The van der Waals surface area contributed by atoms with Gasteiger partial charge in [-0.15, -0.1) is 0 Å². The minimum atomic E-state index is 0.258. The number of fused-ring (bicyclic) bond motifs is 1. The van der Waals surface area contributed by atoms with Gasteiger partial charge in [-0.25, -0.2) is 4.98 Å². The second-order valence-corrected chi connectivity index (χ2v) is 8.19. The van der Waals surface area contributed by atoms with E-state index in [4.69, 9.17) is 14.5 Å². The van der Waals surface area contributed by atoms with Crippen LogP contribution in [0.5, 0.6) is 11.5 Å². The maximum Gasteiger partial charge on any atom is 0.161 e. The Kier molecular flexibility index (Phi) is 6.21. The Bertz CT molecular complexity index is 1030. The number of aliphatic hydroxyl groups is 1. The van der Waals surface area contributed by atoms with Gasteiger partial charge in [-0.2, -0.15) is 0 Å². The summed E-state index contributed by atoms with van der Waals surface area (Å²) >= 11 is 0. The minimum Gasteiger partial charge on any atom is -0.493 e. The first-order valence-electron chi connectivity index (χ1n) is 10.6. The second-order valence-electron chi connectivity index (χ2n) is 8.19. The quantitative estimate of drug-likeness (QED) is 0.656. The summed E-state index contributed by atoms with van der Waals surface area (Å²) in [6, 6.07) is 14.6. The molecule has 5 heteroatoms. The average molecular weight is 407 g/mol. The Labute approximate surface area is 178 Å². The lowest BCUT2D eigenvalue weighted by Crippen LogP contribution is -2.36. The topological polar surface area (TPSA) is 54.8 Å². The molecule has 0 spiro atoms. The smallest absolute Gasteiger partial charge is 0.161 e. The van der Waals surface area contributed by atoms with Gasteiger partial charge >= 0.3 is 0 Å². The van der Waals surface area contributed by atoms with Crippen LogP contribution < -0.4 is 9.47 Å². The summed E-state index contributed by atoms with van der Waals surface area (Å²) in [6.07, 6.45) is 2.22. The van der Waals surface area contributed by atoms with Crippen molar-refractivity contribution in [1.29, 1.82) is 0 Å². The van der Waals surface area contributed by atoms with Crippen molar-refractivity contribution < 1.29 is 14.6 Å². The third kappa shape index (κ3) is 4.27. The third-order valence-electron chi connectivity index (χ3n) is 5.96. The van der Waals surface area contributed by atoms with Crippen molar-refractivity contribution in [3.05, 3.63) is 53.6 Å². The molecule has 0 unspecified atom stereocenters. The van der Waals surface area contributed by atoms with Gasteiger partial charge in [-0.1, -0.05) is 12.1 Å². The van der Waals surface area contributed by atoms with E-state index in [2.05, 4.69) is 36.1 Å². The highest BCUT2D eigenvalue weighted by Gasteiger charge is 2.21. The summed E-state index contributed by atoms with van der Waals surface area (Å²) in [6.45, 7) is 5.14. The molecule has 2 aromatic carbocycles. The number of aliphatic hydroxyl groups excluding tert-OH is 1. The Morgan fingerprint density at radius 2 is 1.90 bits per heavy atom. The highest BCUT2D eigenvalue weighted by Crippen LogP contribution is 2.35. The zero-order valence-electron chi connectivity index (χ0n) is 18.0. The lowest BCUT2D eigenvalue weighted by atomic mass is 9.97. The molecule has 1 atom stereocenters. The van der Waals surface area contributed by atoms with E-state index >= 15 is 0 Å². The molecular formula is C25H30N2O3. The number of benzene rings is 2. The van der Waals surface area contributed by atoms with Gasteiger partial charge in [0.1, 0.15) is 0 Å². The molecule has 0 radical (unpaired) electrons. The van der Waals surface area contributed by atoms with Crippen LogP contribution in [-0.4, -0.2) is 48.9 Å². The number of aryl methyl sites for hydroxylation is 1. The van der Waals surface area contributed by atoms with Crippen molar-refractivity contribution in [1.82, 2.24) is 9.88 Å². The number of nitrogens with zero attached hydrogens (tertiary/aromatic N) is 2. The van der Waals surface area contributed by atoms with E-state index < -0.39 is 0 Å². The molecule has 1 aliphatic rings. The fourth-order valence-electron chi connectivity index (χ4n) is 4.36. The van der Waals surface area contributed by atoms with Gasteiger partial charge in [-0.3, -0.25) is 4.90 Å². The number of piperidine rings is 1. The molecule has 0 bridgehead atoms. The molecule has 1 aromatic heterocycles. The Morgan fingerprint density at radius 3 is 2.67 bits per heavy atom. The van der Waals surface area contributed by atoms with Gasteiger partial charge < -0.3 is 14.6 Å². The Morgan fingerprint density at radius 1 is 1.07 bits per heavy atom. The molecule has 4 rings (SSSR count). The monoisotopic (exact) mass is 406 g/mol. The van der Waals surface area contributed by atoms with E-state index in [0.717, 1.165) is 54.6 Å². The minimum absolute atomic E-state index is 0.258. The molecule has 0 saturated carbocycles. The second kappa shape index (κ2) is 9.02. The number of rotatable bonds is 6. The van der Waals surface area contributed by atoms with Crippen molar-refractivity contribution >= 4 is 10.9 Å². The summed E-state index contributed by atoms with van der Waals surface area (Å²) in [5, 5.41) is 10.8. The van der Waals surface area contributed by atoms with Gasteiger partial charge in [0.15, 0.2) is 11.5 Å². The van der Waals surface area contributed by atoms with Crippen molar-refractivity contribution in [2.24, 2.45) is 5.92 Å². The van der Waals surface area contributed by atoms with Crippen LogP contribution in [0.3, 0.4) is 0 Å². The van der Waals surface area contributed by atoms with Gasteiger partial charge in [0.05, 0.1) is 25.4 Å². The molecular weight excluding hydrogens is 376 g/mol. The first kappa shape index (κ1) is 20.6. The number of likely N-dealkylation sites (tertiary alicyclic amines) is 1. The van der Waals surface area contributed by atoms with E-state index in [9.17, 15) is 5.11 Å². The number of ether oxygens (including phenoxy) is 2. The Hall–Kier alpha value is -2.63. The van der Waals surface area contributed by atoms with E-state index in [-0.39, 0.29) is 6.61 Å². The summed E-state index contributed by atoms with van der Waals surface area (Å²) in [4.78, 5) is 7.51. The van der Waals surface area contributed by atoms with Crippen LogP contribution in [0.25, 0.3) is 22.2 Å². The number of pyridine rings is 1. The molecule has 0 amide bonds.